The molecular weight excluding hydrogens is 250 g/mol. The average Bonchev–Trinajstić information content (AvgIpc) is 2.76. The Kier molecular flexibility index (Phi) is 4.16. The third kappa shape index (κ3) is 2.78. The summed E-state index contributed by atoms with van der Waals surface area (Å²) in [6.07, 6.45) is 9.39. The molecule has 0 unspecified atom stereocenters. The Morgan fingerprint density at radius 3 is 2.45 bits per heavy atom. The number of aliphatic hydroxyl groups excluding tert-OH is 1. The predicted octanol–water partition coefficient (Wildman–Crippen LogP) is 3.83. The summed E-state index contributed by atoms with van der Waals surface area (Å²) >= 11 is 0. The van der Waals surface area contributed by atoms with Crippen LogP contribution in [0.2, 0.25) is 0 Å². The van der Waals surface area contributed by atoms with Gasteiger partial charge in [-0.15, -0.1) is 0 Å². The molecule has 106 valence electrons. The number of benzene rings is 1. The Balaban J connectivity index is 1.91. The van der Waals surface area contributed by atoms with E-state index in [-0.39, 0.29) is 12.7 Å². The Morgan fingerprint density at radius 1 is 1.05 bits per heavy atom. The summed E-state index contributed by atoms with van der Waals surface area (Å²) in [5.41, 5.74) is 0.855. The molecule has 0 atom stereocenters. The SMILES string of the molecule is OCc1cnc(OC2CCCCCC2)c2ccccc12. The number of hydrogen-bond acceptors (Lipinski definition) is 3. The van der Waals surface area contributed by atoms with Gasteiger partial charge >= 0.3 is 0 Å². The second-order valence-electron chi connectivity index (χ2n) is 5.52. The number of aromatic nitrogens is 1. The first-order valence-corrected chi connectivity index (χ1v) is 7.52. The van der Waals surface area contributed by atoms with Crippen molar-refractivity contribution in [3.05, 3.63) is 36.0 Å². The van der Waals surface area contributed by atoms with Crippen molar-refractivity contribution in [2.75, 3.05) is 0 Å². The molecule has 1 aromatic heterocycles. The number of rotatable bonds is 3. The van der Waals surface area contributed by atoms with Crippen molar-refractivity contribution in [3.8, 4) is 5.88 Å². The smallest absolute Gasteiger partial charge is 0.221 e. The lowest BCUT2D eigenvalue weighted by atomic mass is 10.1. The van der Waals surface area contributed by atoms with Crippen molar-refractivity contribution in [2.45, 2.75) is 51.2 Å². The summed E-state index contributed by atoms with van der Waals surface area (Å²) in [5.74, 6) is 0.713. The number of hydrogen-bond donors (Lipinski definition) is 1. The largest absolute Gasteiger partial charge is 0.474 e. The highest BCUT2D eigenvalue weighted by molar-refractivity contribution is 5.89. The lowest BCUT2D eigenvalue weighted by Crippen LogP contribution is -2.16. The molecule has 0 saturated heterocycles. The van der Waals surface area contributed by atoms with Crippen molar-refractivity contribution in [2.24, 2.45) is 0 Å². The molecule has 1 fully saturated rings. The Hall–Kier alpha value is -1.61. The quantitative estimate of drug-likeness (QED) is 0.863. The molecule has 1 saturated carbocycles. The van der Waals surface area contributed by atoms with E-state index < -0.39 is 0 Å². The molecule has 2 aromatic rings. The van der Waals surface area contributed by atoms with Gasteiger partial charge in [-0.1, -0.05) is 31.0 Å². The molecule has 0 bridgehead atoms. The number of aliphatic hydroxyl groups is 1. The van der Waals surface area contributed by atoms with Gasteiger partial charge in [-0.05, 0) is 37.1 Å². The van der Waals surface area contributed by atoms with Crippen LogP contribution in [-0.2, 0) is 6.61 Å². The normalized spacial score (nSPS) is 17.1. The third-order valence-corrected chi connectivity index (χ3v) is 4.09. The van der Waals surface area contributed by atoms with Crippen LogP contribution >= 0.6 is 0 Å². The molecule has 3 rings (SSSR count). The van der Waals surface area contributed by atoms with Crippen LogP contribution in [0, 0.1) is 0 Å². The van der Waals surface area contributed by atoms with Gasteiger partial charge in [0.15, 0.2) is 0 Å². The van der Waals surface area contributed by atoms with Crippen LogP contribution in [0.4, 0.5) is 0 Å². The van der Waals surface area contributed by atoms with Gasteiger partial charge in [0.2, 0.25) is 5.88 Å². The van der Waals surface area contributed by atoms with Gasteiger partial charge in [-0.3, -0.25) is 0 Å². The number of nitrogens with zero attached hydrogens (tertiary/aromatic N) is 1. The summed E-state index contributed by atoms with van der Waals surface area (Å²) in [6, 6.07) is 8.01. The molecule has 0 aliphatic heterocycles. The fraction of sp³-hybridized carbons (Fsp3) is 0.471. The zero-order valence-corrected chi connectivity index (χ0v) is 11.7. The van der Waals surface area contributed by atoms with Gasteiger partial charge in [0.25, 0.3) is 0 Å². The fourth-order valence-corrected chi connectivity index (χ4v) is 2.96. The number of fused-ring (bicyclic) bond motifs is 1. The van der Waals surface area contributed by atoms with Gasteiger partial charge in [-0.2, -0.15) is 0 Å². The lowest BCUT2D eigenvalue weighted by Gasteiger charge is -2.18. The van der Waals surface area contributed by atoms with E-state index in [1.807, 2.05) is 24.3 Å². The molecular formula is C17H21NO2. The summed E-state index contributed by atoms with van der Waals surface area (Å²) in [5, 5.41) is 11.4. The van der Waals surface area contributed by atoms with Crippen LogP contribution < -0.4 is 4.74 Å². The third-order valence-electron chi connectivity index (χ3n) is 4.09. The lowest BCUT2D eigenvalue weighted by molar-refractivity contribution is 0.178. The molecule has 1 heterocycles. The Bertz CT molecular complexity index is 574. The summed E-state index contributed by atoms with van der Waals surface area (Å²) in [6.45, 7) is 0.0111. The Labute approximate surface area is 119 Å². The highest BCUT2D eigenvalue weighted by Crippen LogP contribution is 2.29. The van der Waals surface area contributed by atoms with Gasteiger partial charge in [0, 0.05) is 17.1 Å². The van der Waals surface area contributed by atoms with Crippen molar-refractivity contribution in [1.82, 2.24) is 4.98 Å². The fourth-order valence-electron chi connectivity index (χ4n) is 2.96. The first-order valence-electron chi connectivity index (χ1n) is 7.52. The number of ether oxygens (including phenoxy) is 1. The van der Waals surface area contributed by atoms with E-state index in [2.05, 4.69) is 4.98 Å². The van der Waals surface area contributed by atoms with E-state index in [1.54, 1.807) is 6.20 Å². The van der Waals surface area contributed by atoms with Gasteiger partial charge in [0.05, 0.1) is 6.61 Å². The van der Waals surface area contributed by atoms with Crippen molar-refractivity contribution in [3.63, 3.8) is 0 Å². The van der Waals surface area contributed by atoms with Crippen LogP contribution in [-0.4, -0.2) is 16.2 Å². The van der Waals surface area contributed by atoms with Crippen molar-refractivity contribution >= 4 is 10.8 Å². The van der Waals surface area contributed by atoms with Crippen LogP contribution in [0.1, 0.15) is 44.1 Å². The van der Waals surface area contributed by atoms with Gasteiger partial charge < -0.3 is 9.84 Å². The average molecular weight is 271 g/mol. The number of pyridine rings is 1. The molecule has 3 nitrogen and oxygen atoms in total. The molecule has 1 N–H and O–H groups in total. The molecule has 1 aromatic carbocycles. The first kappa shape index (κ1) is 13.4. The minimum Gasteiger partial charge on any atom is -0.474 e. The monoisotopic (exact) mass is 271 g/mol. The van der Waals surface area contributed by atoms with Crippen LogP contribution in [0.3, 0.4) is 0 Å². The van der Waals surface area contributed by atoms with Crippen LogP contribution in [0.15, 0.2) is 30.5 Å². The topological polar surface area (TPSA) is 42.4 Å². The maximum atomic E-state index is 9.40. The van der Waals surface area contributed by atoms with E-state index in [0.29, 0.717) is 5.88 Å². The minimum absolute atomic E-state index is 0.0111. The maximum Gasteiger partial charge on any atom is 0.221 e. The molecule has 1 aliphatic carbocycles. The Morgan fingerprint density at radius 2 is 1.75 bits per heavy atom. The van der Waals surface area contributed by atoms with Crippen LogP contribution in [0.25, 0.3) is 10.8 Å². The van der Waals surface area contributed by atoms with Gasteiger partial charge in [-0.25, -0.2) is 4.98 Å². The molecule has 0 radical (unpaired) electrons. The molecule has 0 spiro atoms. The molecule has 1 aliphatic rings. The van der Waals surface area contributed by atoms with E-state index in [1.165, 1.54) is 25.7 Å². The summed E-state index contributed by atoms with van der Waals surface area (Å²) < 4.78 is 6.16. The van der Waals surface area contributed by atoms with E-state index in [0.717, 1.165) is 29.2 Å². The highest BCUT2D eigenvalue weighted by atomic mass is 16.5. The maximum absolute atomic E-state index is 9.40. The van der Waals surface area contributed by atoms with E-state index in [4.69, 9.17) is 4.74 Å². The summed E-state index contributed by atoms with van der Waals surface area (Å²) in [7, 11) is 0. The van der Waals surface area contributed by atoms with E-state index >= 15 is 0 Å². The highest BCUT2D eigenvalue weighted by Gasteiger charge is 2.16. The molecule has 3 heteroatoms. The minimum atomic E-state index is 0.0111. The van der Waals surface area contributed by atoms with Crippen LogP contribution in [0.5, 0.6) is 5.88 Å². The van der Waals surface area contributed by atoms with Crippen molar-refractivity contribution in [1.29, 1.82) is 0 Å². The second-order valence-corrected chi connectivity index (χ2v) is 5.52. The predicted molar refractivity (Wildman–Crippen MR) is 79.8 cm³/mol. The molecule has 20 heavy (non-hydrogen) atoms. The van der Waals surface area contributed by atoms with E-state index in [9.17, 15) is 5.11 Å². The standard InChI is InChI=1S/C17H21NO2/c19-12-13-11-18-17(16-10-6-5-9-15(13)16)20-14-7-3-1-2-4-8-14/h5-6,9-11,14,19H,1-4,7-8,12H2. The summed E-state index contributed by atoms with van der Waals surface area (Å²) in [4.78, 5) is 4.42. The zero-order chi connectivity index (χ0) is 13.8. The first-order chi connectivity index (χ1) is 9.88. The molecule has 0 amide bonds. The van der Waals surface area contributed by atoms with Crippen molar-refractivity contribution < 1.29 is 9.84 Å². The zero-order valence-electron chi connectivity index (χ0n) is 11.7. The second kappa shape index (κ2) is 6.23. The van der Waals surface area contributed by atoms with Gasteiger partial charge in [0.1, 0.15) is 6.10 Å².